The Morgan fingerprint density at radius 3 is 2.62 bits per heavy atom. The van der Waals surface area contributed by atoms with Gasteiger partial charge in [-0.3, -0.25) is 11.3 Å². The van der Waals surface area contributed by atoms with E-state index in [-0.39, 0.29) is 6.61 Å². The fraction of sp³-hybridized carbons (Fsp3) is 1.00. The second kappa shape index (κ2) is 9.10. The van der Waals surface area contributed by atoms with E-state index >= 15 is 0 Å². The van der Waals surface area contributed by atoms with Crippen LogP contribution < -0.4 is 21.9 Å². The van der Waals surface area contributed by atoms with Crippen molar-refractivity contribution in [1.29, 1.82) is 0 Å². The zero-order valence-electron chi connectivity index (χ0n) is 9.85. The highest BCUT2D eigenvalue weighted by Crippen LogP contribution is 2.31. The average Bonchev–Trinajstić information content (AvgIpc) is 2.19. The molecule has 0 saturated carbocycles. The molecule has 7 heteroatoms. The molecule has 0 aromatic rings. The molecule has 0 rings (SSSR count). The second-order valence-electron chi connectivity index (χ2n) is 3.93. The standard InChI is InChI=1S/C9H24N3O3P/c1-16(13,14)15-8-5-9(3-2-6-10)4-7-12-11/h9,12H,2-8,10-11H2,1H3,(H,13,14)/p-1. The monoisotopic (exact) mass is 252 g/mol. The lowest BCUT2D eigenvalue weighted by atomic mass is 9.96. The van der Waals surface area contributed by atoms with Crippen molar-refractivity contribution < 1.29 is 14.0 Å². The zero-order valence-corrected chi connectivity index (χ0v) is 10.7. The first-order valence-electron chi connectivity index (χ1n) is 5.56. The van der Waals surface area contributed by atoms with Gasteiger partial charge in [0.25, 0.3) is 0 Å². The molecule has 16 heavy (non-hydrogen) atoms. The summed E-state index contributed by atoms with van der Waals surface area (Å²) >= 11 is 0. The Hall–Kier alpha value is 0.0300. The number of nitrogens with one attached hydrogen (secondary N) is 1. The predicted octanol–water partition coefficient (Wildman–Crippen LogP) is -0.215. The molecule has 0 aliphatic rings. The molecule has 0 aromatic carbocycles. The Balaban J connectivity index is 3.76. The summed E-state index contributed by atoms with van der Waals surface area (Å²) in [7, 11) is -3.59. The molecule has 0 spiro atoms. The van der Waals surface area contributed by atoms with Gasteiger partial charge in [0.05, 0.1) is 6.61 Å². The van der Waals surface area contributed by atoms with Gasteiger partial charge in [-0.1, -0.05) is 0 Å². The third kappa shape index (κ3) is 10.5. The molecule has 0 heterocycles. The van der Waals surface area contributed by atoms with Crippen molar-refractivity contribution in [3.8, 4) is 0 Å². The maximum atomic E-state index is 10.8. The van der Waals surface area contributed by atoms with E-state index in [1.165, 1.54) is 0 Å². The normalized spacial score (nSPS) is 17.0. The summed E-state index contributed by atoms with van der Waals surface area (Å²) in [6.45, 7) is 2.71. The van der Waals surface area contributed by atoms with Crippen molar-refractivity contribution in [3.63, 3.8) is 0 Å². The lowest BCUT2D eigenvalue weighted by molar-refractivity contribution is -0.196. The molecule has 0 radical (unpaired) electrons. The quantitative estimate of drug-likeness (QED) is 0.281. The van der Waals surface area contributed by atoms with Crippen molar-refractivity contribution >= 4 is 7.60 Å². The van der Waals surface area contributed by atoms with Crippen LogP contribution in [0.25, 0.3) is 0 Å². The summed E-state index contributed by atoms with van der Waals surface area (Å²) < 4.78 is 15.5. The molecule has 0 aromatic heterocycles. The van der Waals surface area contributed by atoms with E-state index in [9.17, 15) is 9.46 Å². The highest BCUT2D eigenvalue weighted by atomic mass is 31.2. The van der Waals surface area contributed by atoms with Crippen molar-refractivity contribution in [1.82, 2.24) is 5.43 Å². The van der Waals surface area contributed by atoms with Crippen LogP contribution in [0.5, 0.6) is 0 Å². The van der Waals surface area contributed by atoms with Crippen LogP contribution in [0.1, 0.15) is 25.7 Å². The number of nitrogens with two attached hydrogens (primary N) is 2. The van der Waals surface area contributed by atoms with Crippen LogP contribution in [0.2, 0.25) is 0 Å². The van der Waals surface area contributed by atoms with Crippen LogP contribution >= 0.6 is 7.60 Å². The van der Waals surface area contributed by atoms with Crippen LogP contribution in [0.4, 0.5) is 0 Å². The Labute approximate surface area is 97.2 Å². The smallest absolute Gasteiger partial charge is 0.131 e. The number of hydrogen-bond donors (Lipinski definition) is 3. The Kier molecular flexibility index (Phi) is 9.12. The van der Waals surface area contributed by atoms with Crippen LogP contribution in [-0.2, 0) is 9.09 Å². The van der Waals surface area contributed by atoms with Crippen molar-refractivity contribution in [3.05, 3.63) is 0 Å². The van der Waals surface area contributed by atoms with Gasteiger partial charge in [-0.15, -0.1) is 0 Å². The molecule has 2 atom stereocenters. The molecule has 0 aliphatic heterocycles. The van der Waals surface area contributed by atoms with Crippen molar-refractivity contribution in [2.75, 3.05) is 26.4 Å². The lowest BCUT2D eigenvalue weighted by Gasteiger charge is -2.21. The largest absolute Gasteiger partial charge is 0.779 e. The molecule has 98 valence electrons. The van der Waals surface area contributed by atoms with E-state index in [1.54, 1.807) is 0 Å². The SMILES string of the molecule is CP(=O)([O-])OCCC(CCCN)CCNN. The van der Waals surface area contributed by atoms with Gasteiger partial charge in [0, 0.05) is 13.2 Å². The Morgan fingerprint density at radius 2 is 2.12 bits per heavy atom. The second-order valence-corrected chi connectivity index (χ2v) is 5.73. The van der Waals surface area contributed by atoms with Gasteiger partial charge < -0.3 is 19.7 Å². The third-order valence-corrected chi connectivity index (χ3v) is 3.02. The average molecular weight is 252 g/mol. The molecule has 2 unspecified atom stereocenters. The molecule has 5 N–H and O–H groups in total. The molecular weight excluding hydrogens is 229 g/mol. The molecule has 6 nitrogen and oxygen atoms in total. The minimum Gasteiger partial charge on any atom is -0.779 e. The van der Waals surface area contributed by atoms with Gasteiger partial charge in [0.15, 0.2) is 0 Å². The minimum absolute atomic E-state index is 0.247. The Morgan fingerprint density at radius 1 is 1.44 bits per heavy atom. The van der Waals surface area contributed by atoms with Crippen LogP contribution in [0.3, 0.4) is 0 Å². The van der Waals surface area contributed by atoms with Gasteiger partial charge in [-0.2, -0.15) is 0 Å². The summed E-state index contributed by atoms with van der Waals surface area (Å²) in [5.74, 6) is 5.61. The highest BCUT2D eigenvalue weighted by Gasteiger charge is 2.09. The molecule has 0 amide bonds. The Bertz CT molecular complexity index is 202. The van der Waals surface area contributed by atoms with Crippen LogP contribution in [0.15, 0.2) is 0 Å². The van der Waals surface area contributed by atoms with Crippen molar-refractivity contribution in [2.45, 2.75) is 25.7 Å². The van der Waals surface area contributed by atoms with Gasteiger partial charge in [0.1, 0.15) is 7.60 Å². The van der Waals surface area contributed by atoms with E-state index in [2.05, 4.69) is 5.43 Å². The fourth-order valence-electron chi connectivity index (χ4n) is 1.51. The van der Waals surface area contributed by atoms with E-state index in [1.807, 2.05) is 0 Å². The highest BCUT2D eigenvalue weighted by molar-refractivity contribution is 7.50. The van der Waals surface area contributed by atoms with Gasteiger partial charge in [0.2, 0.25) is 0 Å². The van der Waals surface area contributed by atoms with Crippen LogP contribution in [0, 0.1) is 5.92 Å². The van der Waals surface area contributed by atoms with Gasteiger partial charge in [-0.25, -0.2) is 0 Å². The summed E-state index contributed by atoms with van der Waals surface area (Å²) in [6.07, 6.45) is 3.55. The summed E-state index contributed by atoms with van der Waals surface area (Å²) in [5.41, 5.74) is 8.03. The van der Waals surface area contributed by atoms with Gasteiger partial charge >= 0.3 is 0 Å². The van der Waals surface area contributed by atoms with Gasteiger partial charge in [-0.05, 0) is 38.1 Å². The number of hydrogen-bond acceptors (Lipinski definition) is 6. The number of rotatable bonds is 10. The maximum absolute atomic E-state index is 10.8. The van der Waals surface area contributed by atoms with E-state index in [0.29, 0.717) is 12.5 Å². The van der Waals surface area contributed by atoms with E-state index in [4.69, 9.17) is 16.1 Å². The van der Waals surface area contributed by atoms with Crippen molar-refractivity contribution in [2.24, 2.45) is 17.5 Å². The molecule has 0 fully saturated rings. The maximum Gasteiger partial charge on any atom is 0.131 e. The molecular formula is C9H23N3O3P-. The molecule has 0 bridgehead atoms. The zero-order chi connectivity index (χ0) is 12.4. The first kappa shape index (κ1) is 16.0. The topological polar surface area (TPSA) is 113 Å². The molecule has 0 aliphatic carbocycles. The summed E-state index contributed by atoms with van der Waals surface area (Å²) in [6, 6.07) is 0. The minimum atomic E-state index is -3.59. The van der Waals surface area contributed by atoms with Crippen LogP contribution in [-0.4, -0.2) is 26.4 Å². The molecule has 0 saturated heterocycles. The van der Waals surface area contributed by atoms with E-state index < -0.39 is 7.60 Å². The lowest BCUT2D eigenvalue weighted by Crippen LogP contribution is -2.25. The number of hydrazine groups is 1. The predicted molar refractivity (Wildman–Crippen MR) is 62.7 cm³/mol. The summed E-state index contributed by atoms with van der Waals surface area (Å²) in [5, 5.41) is 0. The fourth-order valence-corrected chi connectivity index (χ4v) is 1.95. The van der Waals surface area contributed by atoms with E-state index in [0.717, 1.165) is 38.9 Å². The summed E-state index contributed by atoms with van der Waals surface area (Å²) in [4.78, 5) is 10.8. The third-order valence-electron chi connectivity index (χ3n) is 2.37. The first-order valence-corrected chi connectivity index (χ1v) is 7.55. The first-order chi connectivity index (χ1) is 7.49.